The zero-order valence-electron chi connectivity index (χ0n) is 20.1. The Hall–Kier alpha value is -4.14. The van der Waals surface area contributed by atoms with E-state index in [1.807, 2.05) is 60.7 Å². The Bertz CT molecular complexity index is 1420. The minimum absolute atomic E-state index is 0.0836. The van der Waals surface area contributed by atoms with Crippen LogP contribution in [0, 0.1) is 0 Å². The minimum atomic E-state index is -0.379. The summed E-state index contributed by atoms with van der Waals surface area (Å²) in [6, 6.07) is 28.7. The quantitative estimate of drug-likeness (QED) is 0.238. The number of nitrogens with one attached hydrogen (secondary N) is 2. The van der Waals surface area contributed by atoms with Crippen molar-refractivity contribution in [3.05, 3.63) is 119 Å². The Kier molecular flexibility index (Phi) is 7.72. The summed E-state index contributed by atoms with van der Waals surface area (Å²) in [4.78, 5) is 54.6. The van der Waals surface area contributed by atoms with Gasteiger partial charge in [0, 0.05) is 20.9 Å². The molecule has 0 fully saturated rings. The molecule has 1 aliphatic carbocycles. The van der Waals surface area contributed by atoms with Crippen molar-refractivity contribution in [3.63, 3.8) is 0 Å². The van der Waals surface area contributed by atoms with E-state index in [-0.39, 0.29) is 68.5 Å². The van der Waals surface area contributed by atoms with Crippen LogP contribution < -0.4 is 10.6 Å². The molecule has 0 radical (unpaired) electrons. The number of hydrogen-bond donors (Lipinski definition) is 2. The molecule has 0 unspecified atom stereocenters. The molecule has 0 aromatic heterocycles. The highest BCUT2D eigenvalue weighted by Gasteiger charge is 2.34. The molecule has 0 aliphatic heterocycles. The largest absolute Gasteiger partial charge is 0.325 e. The molecule has 4 aromatic rings. The first-order chi connectivity index (χ1) is 18.5. The number of hydrogen-bond acceptors (Lipinski definition) is 6. The summed E-state index contributed by atoms with van der Waals surface area (Å²) in [5.41, 5.74) is 1.18. The van der Waals surface area contributed by atoms with Crippen molar-refractivity contribution in [2.24, 2.45) is 0 Å². The normalized spacial score (nSPS) is 11.9. The van der Waals surface area contributed by atoms with Crippen LogP contribution in [0.2, 0.25) is 0 Å². The van der Waals surface area contributed by atoms with Gasteiger partial charge in [0.2, 0.25) is 11.8 Å². The maximum Gasteiger partial charge on any atom is 0.234 e. The lowest BCUT2D eigenvalue weighted by atomic mass is 9.82. The van der Waals surface area contributed by atoms with Crippen molar-refractivity contribution in [3.8, 4) is 0 Å². The molecule has 0 atom stereocenters. The van der Waals surface area contributed by atoms with Crippen LogP contribution in [-0.2, 0) is 9.59 Å². The van der Waals surface area contributed by atoms with Crippen molar-refractivity contribution < 1.29 is 19.2 Å². The molecule has 1 aliphatic rings. The molecule has 0 spiro atoms. The van der Waals surface area contributed by atoms with Gasteiger partial charge >= 0.3 is 0 Å². The van der Waals surface area contributed by atoms with Crippen molar-refractivity contribution in [1.29, 1.82) is 0 Å². The number of carbonyl (C=O) groups is 4. The van der Waals surface area contributed by atoms with Crippen LogP contribution in [0.3, 0.4) is 0 Å². The molecule has 0 saturated carbocycles. The fraction of sp³-hybridized carbons (Fsp3) is 0.0667. The molecule has 38 heavy (non-hydrogen) atoms. The van der Waals surface area contributed by atoms with Gasteiger partial charge in [0.05, 0.1) is 34.0 Å². The second-order valence-electron chi connectivity index (χ2n) is 8.41. The van der Waals surface area contributed by atoms with Gasteiger partial charge in [-0.05, 0) is 36.4 Å². The van der Waals surface area contributed by atoms with Gasteiger partial charge < -0.3 is 10.6 Å². The third-order valence-corrected chi connectivity index (χ3v) is 7.87. The highest BCUT2D eigenvalue weighted by atomic mass is 32.2. The molecule has 0 heterocycles. The van der Waals surface area contributed by atoms with Gasteiger partial charge in [0.25, 0.3) is 0 Å². The monoisotopic (exact) mass is 538 g/mol. The zero-order valence-corrected chi connectivity index (χ0v) is 21.7. The molecule has 2 N–H and O–H groups in total. The number of rotatable bonds is 8. The maximum atomic E-state index is 13.6. The number of benzene rings is 4. The Morgan fingerprint density at radius 3 is 1.29 bits per heavy atom. The van der Waals surface area contributed by atoms with E-state index in [9.17, 15) is 19.2 Å². The first-order valence-corrected chi connectivity index (χ1v) is 13.8. The van der Waals surface area contributed by atoms with E-state index in [0.717, 1.165) is 9.79 Å². The first kappa shape index (κ1) is 25.5. The van der Waals surface area contributed by atoms with Crippen molar-refractivity contribution in [2.45, 2.75) is 9.79 Å². The standard InChI is InChI=1S/C30H22N2O4S2/c33-25(17-37-19-9-3-1-4-10-19)31-23-15-16-24(32-26(34)18-38-20-11-5-2-6-12-20)28-27(23)29(35)21-13-7-8-14-22(21)30(28)36/h1-16H,17-18H2,(H,31,33)(H,32,34). The molecule has 6 nitrogen and oxygen atoms in total. The lowest BCUT2D eigenvalue weighted by Gasteiger charge is -2.23. The second-order valence-corrected chi connectivity index (χ2v) is 10.5. The summed E-state index contributed by atoms with van der Waals surface area (Å²) in [6.07, 6.45) is 0. The predicted molar refractivity (Wildman–Crippen MR) is 151 cm³/mol. The summed E-state index contributed by atoms with van der Waals surface area (Å²) in [6.45, 7) is 0. The Labute approximate surface area is 228 Å². The number of amides is 2. The second kappa shape index (κ2) is 11.5. The fourth-order valence-electron chi connectivity index (χ4n) is 4.13. The van der Waals surface area contributed by atoms with E-state index >= 15 is 0 Å². The van der Waals surface area contributed by atoms with Crippen molar-refractivity contribution in [2.75, 3.05) is 22.1 Å². The predicted octanol–water partition coefficient (Wildman–Crippen LogP) is 5.92. The lowest BCUT2D eigenvalue weighted by molar-refractivity contribution is -0.114. The van der Waals surface area contributed by atoms with Crippen LogP contribution in [0.1, 0.15) is 31.8 Å². The molecule has 8 heteroatoms. The molecule has 188 valence electrons. The van der Waals surface area contributed by atoms with Crippen LogP contribution in [0.25, 0.3) is 0 Å². The summed E-state index contributed by atoms with van der Waals surface area (Å²) >= 11 is 2.73. The highest BCUT2D eigenvalue weighted by molar-refractivity contribution is 8.00. The van der Waals surface area contributed by atoms with Gasteiger partial charge in [0.15, 0.2) is 11.6 Å². The van der Waals surface area contributed by atoms with Gasteiger partial charge in [0.1, 0.15) is 0 Å². The summed E-state index contributed by atoms with van der Waals surface area (Å²) in [5.74, 6) is -1.11. The molecule has 4 aromatic carbocycles. The molecule has 5 rings (SSSR count). The van der Waals surface area contributed by atoms with E-state index in [4.69, 9.17) is 0 Å². The number of fused-ring (bicyclic) bond motifs is 2. The number of anilines is 2. The smallest absolute Gasteiger partial charge is 0.234 e. The third-order valence-electron chi connectivity index (χ3n) is 5.85. The summed E-state index contributed by atoms with van der Waals surface area (Å²) in [5, 5.41) is 5.60. The van der Waals surface area contributed by atoms with Crippen LogP contribution in [0.5, 0.6) is 0 Å². The molecular weight excluding hydrogens is 516 g/mol. The van der Waals surface area contributed by atoms with Gasteiger partial charge in [-0.2, -0.15) is 0 Å². The highest BCUT2D eigenvalue weighted by Crippen LogP contribution is 2.37. The van der Waals surface area contributed by atoms with Gasteiger partial charge in [-0.1, -0.05) is 60.7 Å². The zero-order chi connectivity index (χ0) is 26.5. The molecule has 2 amide bonds. The average Bonchev–Trinajstić information content (AvgIpc) is 2.95. The van der Waals surface area contributed by atoms with E-state index in [2.05, 4.69) is 10.6 Å². The maximum absolute atomic E-state index is 13.6. The van der Waals surface area contributed by atoms with Crippen LogP contribution in [-0.4, -0.2) is 34.9 Å². The lowest BCUT2D eigenvalue weighted by Crippen LogP contribution is -2.27. The number of thioether (sulfide) groups is 2. The topological polar surface area (TPSA) is 92.3 Å². The van der Waals surface area contributed by atoms with Crippen LogP contribution >= 0.6 is 23.5 Å². The van der Waals surface area contributed by atoms with E-state index in [0.29, 0.717) is 0 Å². The van der Waals surface area contributed by atoms with Crippen molar-refractivity contribution >= 4 is 58.3 Å². The van der Waals surface area contributed by atoms with E-state index in [1.54, 1.807) is 36.4 Å². The Morgan fingerprint density at radius 1 is 0.526 bits per heavy atom. The Morgan fingerprint density at radius 2 is 0.895 bits per heavy atom. The third kappa shape index (κ3) is 5.56. The fourth-order valence-corrected chi connectivity index (χ4v) is 5.57. The van der Waals surface area contributed by atoms with Crippen molar-refractivity contribution in [1.82, 2.24) is 0 Å². The summed E-state index contributed by atoms with van der Waals surface area (Å²) < 4.78 is 0. The van der Waals surface area contributed by atoms with Crippen LogP contribution in [0.15, 0.2) is 107 Å². The number of ketones is 2. The first-order valence-electron chi connectivity index (χ1n) is 11.8. The van der Waals surface area contributed by atoms with Crippen LogP contribution in [0.4, 0.5) is 11.4 Å². The van der Waals surface area contributed by atoms with Gasteiger partial charge in [-0.15, -0.1) is 23.5 Å². The van der Waals surface area contributed by atoms with E-state index < -0.39 is 0 Å². The molecule has 0 bridgehead atoms. The minimum Gasteiger partial charge on any atom is -0.325 e. The average molecular weight is 539 g/mol. The van der Waals surface area contributed by atoms with Gasteiger partial charge in [-0.3, -0.25) is 19.2 Å². The molecular formula is C30H22N2O4S2. The number of carbonyl (C=O) groups excluding carboxylic acids is 4. The molecule has 0 saturated heterocycles. The van der Waals surface area contributed by atoms with Gasteiger partial charge in [-0.25, -0.2) is 0 Å². The summed E-state index contributed by atoms with van der Waals surface area (Å²) in [7, 11) is 0. The SMILES string of the molecule is O=C(CSc1ccccc1)Nc1ccc(NC(=O)CSc2ccccc2)c2c1C(=O)c1ccccc1C2=O. The van der Waals surface area contributed by atoms with E-state index in [1.165, 1.54) is 23.5 Å². The Balaban J connectivity index is 1.42.